The Bertz CT molecular complexity index is 2290. The van der Waals surface area contributed by atoms with Crippen LogP contribution in [-0.4, -0.2) is 124 Å². The molecule has 1 amide bonds. The second-order valence-corrected chi connectivity index (χ2v) is 19.6. The Morgan fingerprint density at radius 1 is 0.909 bits per heavy atom. The molecule has 4 aliphatic rings. The number of carbonyl (C=O) groups excluding carboxylic acids is 6. The van der Waals surface area contributed by atoms with E-state index >= 15 is 4.79 Å². The van der Waals surface area contributed by atoms with Crippen molar-refractivity contribution in [3.05, 3.63) is 88.5 Å². The van der Waals surface area contributed by atoms with Crippen LogP contribution in [0.15, 0.2) is 77.4 Å². The summed E-state index contributed by atoms with van der Waals surface area (Å²) in [6, 6.07) is 12.3. The number of carbonyl (C=O) groups is 6. The van der Waals surface area contributed by atoms with Gasteiger partial charge in [0.05, 0.1) is 48.3 Å². The topological polar surface area (TPSA) is 240 Å². The molecule has 2 saturated carbocycles. The number of alkyl carbamates (subject to hydrolysis) is 1. The van der Waals surface area contributed by atoms with Gasteiger partial charge in [0.25, 0.3) is 0 Å². The molecule has 0 radical (unpaired) electrons. The van der Waals surface area contributed by atoms with Gasteiger partial charge in [-0.1, -0.05) is 43.7 Å². The van der Waals surface area contributed by atoms with Crippen LogP contribution in [0.3, 0.4) is 0 Å². The quantitative estimate of drug-likeness (QED) is 0.135. The Balaban J connectivity index is 1.58. The lowest BCUT2D eigenvalue weighted by Gasteiger charge is -2.67. The fourth-order valence-corrected chi connectivity index (χ4v) is 10.1. The maximum atomic E-state index is 15.9. The summed E-state index contributed by atoms with van der Waals surface area (Å²) < 4.78 is 41.4. The SMILES string of the molecule is COc1ccc(C(=O)O[C@H]2C(=O)[C@@]3(C)[C@H]([C@H](OC(=O)c4ccccc4)[C@]4(O)C[C@H](OC(=O)[C@H](O)[C@H](C=C(C)C)NC(=O)OC(C)(C)C)C(C)=C2C4(C)C)[C@]2(OC(C)=O)CO[C@@H]2C[C@@H]3O)cc1. The Morgan fingerprint density at radius 2 is 1.52 bits per heavy atom. The lowest BCUT2D eigenvalue weighted by molar-refractivity contribution is -0.345. The monoisotopic (exact) mass is 919 g/mol. The van der Waals surface area contributed by atoms with E-state index < -0.39 is 118 Å². The molecular weight excluding hydrogens is 859 g/mol. The molecule has 1 aliphatic heterocycles. The number of rotatable bonds is 11. The average molecular weight is 920 g/mol. The Kier molecular flexibility index (Phi) is 13.8. The second-order valence-electron chi connectivity index (χ2n) is 19.6. The molecule has 0 spiro atoms. The number of hydrogen-bond donors (Lipinski definition) is 4. The smallest absolute Gasteiger partial charge is 0.408 e. The van der Waals surface area contributed by atoms with E-state index in [0.29, 0.717) is 11.3 Å². The normalized spacial score (nSPS) is 30.8. The number of nitrogens with one attached hydrogen (secondary N) is 1. The molecule has 1 heterocycles. The number of aliphatic hydroxyl groups excluding tert-OH is 2. The number of amides is 1. The van der Waals surface area contributed by atoms with Crippen molar-refractivity contribution in [1.82, 2.24) is 5.32 Å². The zero-order chi connectivity index (χ0) is 48.9. The largest absolute Gasteiger partial charge is 0.497 e. The predicted molar refractivity (Wildman–Crippen MR) is 234 cm³/mol. The van der Waals surface area contributed by atoms with Crippen LogP contribution in [0.5, 0.6) is 5.75 Å². The van der Waals surface area contributed by atoms with Crippen molar-refractivity contribution in [2.75, 3.05) is 13.7 Å². The predicted octanol–water partition coefficient (Wildman–Crippen LogP) is 4.73. The lowest BCUT2D eigenvalue weighted by Crippen LogP contribution is -2.82. The summed E-state index contributed by atoms with van der Waals surface area (Å²) in [5.41, 5.74) is -8.31. The molecule has 358 valence electrons. The second kappa shape index (κ2) is 18.2. The summed E-state index contributed by atoms with van der Waals surface area (Å²) in [7, 11) is 1.45. The van der Waals surface area contributed by atoms with E-state index in [1.54, 1.807) is 66.7 Å². The zero-order valence-corrected chi connectivity index (χ0v) is 39.2. The molecular formula is C49H61NO16. The highest BCUT2D eigenvalue weighted by atomic mass is 16.6. The van der Waals surface area contributed by atoms with E-state index in [-0.39, 0.29) is 35.3 Å². The van der Waals surface area contributed by atoms with Gasteiger partial charge in [-0.15, -0.1) is 0 Å². The molecule has 3 fully saturated rings. The van der Waals surface area contributed by atoms with Gasteiger partial charge in [0.15, 0.2) is 23.6 Å². The third-order valence-electron chi connectivity index (χ3n) is 13.5. The number of ketones is 1. The maximum absolute atomic E-state index is 15.9. The molecule has 2 aromatic rings. The molecule has 2 bridgehead atoms. The van der Waals surface area contributed by atoms with Crippen molar-refractivity contribution in [2.45, 2.75) is 142 Å². The molecule has 66 heavy (non-hydrogen) atoms. The molecule has 3 aliphatic carbocycles. The van der Waals surface area contributed by atoms with Crippen LogP contribution >= 0.6 is 0 Å². The number of benzene rings is 2. The third-order valence-corrected chi connectivity index (χ3v) is 13.5. The van der Waals surface area contributed by atoms with Crippen LogP contribution in [0.4, 0.5) is 4.79 Å². The third kappa shape index (κ3) is 8.97. The van der Waals surface area contributed by atoms with Crippen LogP contribution < -0.4 is 10.1 Å². The molecule has 1 saturated heterocycles. The zero-order valence-electron chi connectivity index (χ0n) is 39.2. The molecule has 4 N–H and O–H groups in total. The highest BCUT2D eigenvalue weighted by Crippen LogP contribution is 2.64. The van der Waals surface area contributed by atoms with Crippen LogP contribution in [0.2, 0.25) is 0 Å². The lowest BCUT2D eigenvalue weighted by atomic mass is 9.44. The van der Waals surface area contributed by atoms with E-state index in [9.17, 15) is 39.3 Å². The minimum atomic E-state index is -2.45. The fraction of sp³-hybridized carbons (Fsp3) is 0.551. The van der Waals surface area contributed by atoms with E-state index in [2.05, 4.69) is 5.32 Å². The summed E-state index contributed by atoms with van der Waals surface area (Å²) in [5, 5.41) is 40.2. The van der Waals surface area contributed by atoms with E-state index in [4.69, 9.17) is 33.2 Å². The molecule has 17 heteroatoms. The highest BCUT2D eigenvalue weighted by molar-refractivity contribution is 5.98. The first-order valence-electron chi connectivity index (χ1n) is 21.8. The number of esters is 4. The summed E-state index contributed by atoms with van der Waals surface area (Å²) in [6.07, 6.45) is -10.4. The van der Waals surface area contributed by atoms with E-state index in [1.165, 1.54) is 63.4 Å². The van der Waals surface area contributed by atoms with Crippen LogP contribution in [0.1, 0.15) is 103 Å². The van der Waals surface area contributed by atoms with Gasteiger partial charge >= 0.3 is 30.0 Å². The number of allylic oxidation sites excluding steroid dienone is 1. The van der Waals surface area contributed by atoms with Gasteiger partial charge < -0.3 is 53.8 Å². The van der Waals surface area contributed by atoms with Crippen molar-refractivity contribution in [3.63, 3.8) is 0 Å². The van der Waals surface area contributed by atoms with Crippen molar-refractivity contribution in [3.8, 4) is 5.75 Å². The molecule has 2 aromatic carbocycles. The van der Waals surface area contributed by atoms with Gasteiger partial charge in [-0.2, -0.15) is 0 Å². The standard InChI is InChI=1S/C49H61NO16/c1-25(2)21-31(50-44(58)66-45(5,6)7)36(53)43(57)62-32-23-49(59)40(64-42(56)28-15-13-12-14-16-28)38-47(10,33(52)22-34-48(38,24-61-34)65-27(4)51)39(54)37(35(26(32)3)46(49,8)9)63-41(55)29-17-19-30(60-11)20-18-29/h12-21,31-34,36-38,40,52-53,59H,22-24H2,1-11H3,(H,50,58)/t31-,32-,33-,34+,36+,37+,38-,40-,47+,48-,49+/m0/s1. The van der Waals surface area contributed by atoms with Gasteiger partial charge in [0.1, 0.15) is 35.3 Å². The van der Waals surface area contributed by atoms with E-state index in [1.807, 2.05) is 0 Å². The molecule has 6 rings (SSSR count). The number of aliphatic hydroxyl groups is 3. The van der Waals surface area contributed by atoms with Gasteiger partial charge in [0.2, 0.25) is 0 Å². The van der Waals surface area contributed by atoms with Crippen LogP contribution in [0, 0.1) is 16.7 Å². The Labute approximate surface area is 383 Å². The van der Waals surface area contributed by atoms with Crippen molar-refractivity contribution >= 4 is 35.8 Å². The minimum absolute atomic E-state index is 0.00564. The van der Waals surface area contributed by atoms with Gasteiger partial charge in [-0.3, -0.25) is 9.59 Å². The Morgan fingerprint density at radius 3 is 2.06 bits per heavy atom. The van der Waals surface area contributed by atoms with Crippen molar-refractivity contribution in [2.24, 2.45) is 16.7 Å². The summed E-state index contributed by atoms with van der Waals surface area (Å²) in [5.74, 6) is -6.09. The average Bonchev–Trinajstić information content (AvgIpc) is 3.23. The summed E-state index contributed by atoms with van der Waals surface area (Å²) in [6.45, 7) is 15.1. The summed E-state index contributed by atoms with van der Waals surface area (Å²) >= 11 is 0. The summed E-state index contributed by atoms with van der Waals surface area (Å²) in [4.78, 5) is 84.8. The first-order chi connectivity index (χ1) is 30.7. The van der Waals surface area contributed by atoms with Crippen LogP contribution in [-0.2, 0) is 42.8 Å². The molecule has 0 aromatic heterocycles. The molecule has 17 nitrogen and oxygen atoms in total. The number of methoxy groups -OCH3 is 1. The van der Waals surface area contributed by atoms with Crippen molar-refractivity contribution in [1.29, 1.82) is 0 Å². The van der Waals surface area contributed by atoms with Gasteiger partial charge in [-0.25, -0.2) is 19.2 Å². The first kappa shape index (κ1) is 49.8. The van der Waals surface area contributed by atoms with Gasteiger partial charge in [-0.05, 0) is 96.0 Å². The molecule has 11 atom stereocenters. The Hall–Kier alpha value is -5.62. The fourth-order valence-electron chi connectivity index (χ4n) is 10.1. The molecule has 0 unspecified atom stereocenters. The van der Waals surface area contributed by atoms with Crippen LogP contribution in [0.25, 0.3) is 0 Å². The van der Waals surface area contributed by atoms with Gasteiger partial charge in [0, 0.05) is 25.2 Å². The highest BCUT2D eigenvalue weighted by Gasteiger charge is 2.78. The first-order valence-corrected chi connectivity index (χ1v) is 21.8. The van der Waals surface area contributed by atoms with Crippen molar-refractivity contribution < 1.29 is 77.2 Å². The number of ether oxygens (including phenoxy) is 7. The number of hydrogen-bond acceptors (Lipinski definition) is 16. The number of Topliss-reactive ketones (excluding diaryl/α,β-unsaturated/α-hetero) is 1. The number of fused-ring (bicyclic) bond motifs is 5. The van der Waals surface area contributed by atoms with E-state index in [0.717, 1.165) is 6.92 Å². The minimum Gasteiger partial charge on any atom is -0.497 e. The maximum Gasteiger partial charge on any atom is 0.408 e.